The van der Waals surface area contributed by atoms with Crippen molar-refractivity contribution in [1.82, 2.24) is 9.47 Å². The summed E-state index contributed by atoms with van der Waals surface area (Å²) in [7, 11) is 0. The van der Waals surface area contributed by atoms with E-state index in [0.717, 1.165) is 36.0 Å². The van der Waals surface area contributed by atoms with Crippen LogP contribution in [0.3, 0.4) is 0 Å². The number of carbonyl (C=O) groups is 1. The Labute approximate surface area is 123 Å². The van der Waals surface area contributed by atoms with Crippen molar-refractivity contribution in [2.24, 2.45) is 0 Å². The van der Waals surface area contributed by atoms with Crippen LogP contribution in [-0.2, 0) is 6.42 Å². The Balaban J connectivity index is 1.90. The van der Waals surface area contributed by atoms with Crippen molar-refractivity contribution in [2.45, 2.75) is 13.3 Å². The second-order valence-corrected chi connectivity index (χ2v) is 5.22. The van der Waals surface area contributed by atoms with Crippen molar-refractivity contribution < 1.29 is 9.18 Å². The molecule has 3 rings (SSSR count). The highest BCUT2D eigenvalue weighted by Crippen LogP contribution is 2.23. The van der Waals surface area contributed by atoms with Crippen molar-refractivity contribution in [2.75, 3.05) is 13.1 Å². The Morgan fingerprint density at radius 2 is 2.19 bits per heavy atom. The van der Waals surface area contributed by atoms with Crippen molar-refractivity contribution in [3.8, 4) is 0 Å². The summed E-state index contributed by atoms with van der Waals surface area (Å²) in [6.45, 7) is 3.25. The molecule has 2 heterocycles. The van der Waals surface area contributed by atoms with Gasteiger partial charge < -0.3 is 4.90 Å². The highest BCUT2D eigenvalue weighted by Gasteiger charge is 2.12. The van der Waals surface area contributed by atoms with Crippen LogP contribution in [0.25, 0.3) is 10.9 Å². The van der Waals surface area contributed by atoms with Crippen molar-refractivity contribution >= 4 is 16.8 Å². The summed E-state index contributed by atoms with van der Waals surface area (Å²) < 4.78 is 15.1. The molecule has 1 aliphatic heterocycles. The summed E-state index contributed by atoms with van der Waals surface area (Å²) in [6, 6.07) is 4.57. The smallest absolute Gasteiger partial charge is 0.227 e. The van der Waals surface area contributed by atoms with Gasteiger partial charge in [0, 0.05) is 31.6 Å². The Hall–Kier alpha value is -2.36. The van der Waals surface area contributed by atoms with E-state index in [1.165, 1.54) is 19.1 Å². The van der Waals surface area contributed by atoms with E-state index in [1.807, 2.05) is 24.5 Å². The number of aromatic nitrogens is 1. The van der Waals surface area contributed by atoms with Crippen LogP contribution in [0, 0.1) is 5.82 Å². The van der Waals surface area contributed by atoms with Gasteiger partial charge in [-0.25, -0.2) is 4.39 Å². The van der Waals surface area contributed by atoms with Gasteiger partial charge in [0.2, 0.25) is 5.91 Å². The van der Waals surface area contributed by atoms with Gasteiger partial charge in [0.15, 0.2) is 0 Å². The molecule has 3 nitrogen and oxygen atoms in total. The van der Waals surface area contributed by atoms with Crippen LogP contribution in [0.1, 0.15) is 17.3 Å². The monoisotopic (exact) mass is 284 g/mol. The molecule has 0 amide bonds. The first-order valence-corrected chi connectivity index (χ1v) is 7.03. The fourth-order valence-corrected chi connectivity index (χ4v) is 2.67. The van der Waals surface area contributed by atoms with Gasteiger partial charge in [-0.1, -0.05) is 12.2 Å². The van der Waals surface area contributed by atoms with Crippen molar-refractivity contribution in [3.63, 3.8) is 0 Å². The van der Waals surface area contributed by atoms with Crippen LogP contribution < -0.4 is 0 Å². The zero-order chi connectivity index (χ0) is 14.8. The first-order chi connectivity index (χ1) is 10.1. The van der Waals surface area contributed by atoms with E-state index in [2.05, 4.69) is 11.0 Å². The van der Waals surface area contributed by atoms with E-state index < -0.39 is 0 Å². The predicted molar refractivity (Wildman–Crippen MR) is 81.8 cm³/mol. The van der Waals surface area contributed by atoms with Gasteiger partial charge >= 0.3 is 0 Å². The van der Waals surface area contributed by atoms with Gasteiger partial charge in [-0.3, -0.25) is 9.36 Å². The summed E-state index contributed by atoms with van der Waals surface area (Å²) in [5.74, 6) is -0.329. The maximum Gasteiger partial charge on any atom is 0.227 e. The number of hydrogen-bond donors (Lipinski definition) is 0. The zero-order valence-corrected chi connectivity index (χ0v) is 11.9. The zero-order valence-electron chi connectivity index (χ0n) is 11.9. The normalized spacial score (nSPS) is 14.1. The molecule has 0 saturated heterocycles. The second-order valence-electron chi connectivity index (χ2n) is 5.22. The summed E-state index contributed by atoms with van der Waals surface area (Å²) >= 11 is 0. The minimum absolute atomic E-state index is 0.0568. The third-order valence-electron chi connectivity index (χ3n) is 3.74. The van der Waals surface area contributed by atoms with E-state index in [4.69, 9.17) is 0 Å². The molecule has 0 aliphatic carbocycles. The molecule has 0 N–H and O–H groups in total. The molecule has 0 fully saturated rings. The number of carbonyl (C=O) groups excluding carboxylic acids is 1. The molecule has 4 heteroatoms. The first-order valence-electron chi connectivity index (χ1n) is 7.03. The molecule has 0 atom stereocenters. The minimum atomic E-state index is -0.272. The molecule has 0 radical (unpaired) electrons. The van der Waals surface area contributed by atoms with Crippen LogP contribution in [0.5, 0.6) is 0 Å². The average molecular weight is 284 g/mol. The van der Waals surface area contributed by atoms with E-state index in [9.17, 15) is 9.18 Å². The van der Waals surface area contributed by atoms with Crippen LogP contribution in [-0.4, -0.2) is 28.5 Å². The molecule has 1 aromatic heterocycles. The maximum atomic E-state index is 13.5. The summed E-state index contributed by atoms with van der Waals surface area (Å²) in [5, 5.41) is 0.821. The number of benzene rings is 1. The van der Waals surface area contributed by atoms with Gasteiger partial charge in [0.05, 0.1) is 5.52 Å². The van der Waals surface area contributed by atoms with E-state index in [1.54, 1.807) is 10.6 Å². The Bertz CT molecular complexity index is 743. The summed E-state index contributed by atoms with van der Waals surface area (Å²) in [5.41, 5.74) is 1.77. The standard InChI is InChI=1S/C17H17FN2O/c1-13(21)20-12-14(7-10-19-8-3-2-4-9-19)16-11-15(18)5-6-17(16)20/h2-6,8,11-12H,7,9-10H2,1H3. The molecule has 0 saturated carbocycles. The van der Waals surface area contributed by atoms with Gasteiger partial charge in [-0.15, -0.1) is 0 Å². The molecule has 21 heavy (non-hydrogen) atoms. The fraction of sp³-hybridized carbons (Fsp3) is 0.235. The summed E-state index contributed by atoms with van der Waals surface area (Å²) in [4.78, 5) is 13.9. The van der Waals surface area contributed by atoms with Crippen LogP contribution in [0.4, 0.5) is 4.39 Å². The van der Waals surface area contributed by atoms with Crippen molar-refractivity contribution in [1.29, 1.82) is 0 Å². The molecular formula is C17H17FN2O. The number of nitrogens with zero attached hydrogens (tertiary/aromatic N) is 2. The first kappa shape index (κ1) is 13.6. The lowest BCUT2D eigenvalue weighted by molar-refractivity contribution is 0.0941. The number of allylic oxidation sites excluding steroid dienone is 2. The minimum Gasteiger partial charge on any atom is -0.373 e. The van der Waals surface area contributed by atoms with Crippen LogP contribution in [0.15, 0.2) is 48.8 Å². The summed E-state index contributed by atoms with van der Waals surface area (Å²) in [6.07, 6.45) is 10.8. The second kappa shape index (κ2) is 5.56. The average Bonchev–Trinajstić information content (AvgIpc) is 2.84. The Morgan fingerprint density at radius 1 is 1.33 bits per heavy atom. The molecule has 2 aromatic rings. The highest BCUT2D eigenvalue weighted by molar-refractivity contribution is 5.93. The molecular weight excluding hydrogens is 267 g/mol. The number of rotatable bonds is 3. The van der Waals surface area contributed by atoms with E-state index >= 15 is 0 Å². The molecule has 108 valence electrons. The number of fused-ring (bicyclic) bond motifs is 1. The Morgan fingerprint density at radius 3 is 2.90 bits per heavy atom. The Kier molecular flexibility index (Phi) is 3.60. The van der Waals surface area contributed by atoms with E-state index in [0.29, 0.717) is 0 Å². The largest absolute Gasteiger partial charge is 0.373 e. The highest BCUT2D eigenvalue weighted by atomic mass is 19.1. The quantitative estimate of drug-likeness (QED) is 0.863. The van der Waals surface area contributed by atoms with Gasteiger partial charge in [-0.2, -0.15) is 0 Å². The van der Waals surface area contributed by atoms with Gasteiger partial charge in [-0.05, 0) is 42.5 Å². The van der Waals surface area contributed by atoms with Crippen LogP contribution >= 0.6 is 0 Å². The third-order valence-corrected chi connectivity index (χ3v) is 3.74. The third kappa shape index (κ3) is 2.75. The van der Waals surface area contributed by atoms with Gasteiger partial charge in [0.25, 0.3) is 0 Å². The van der Waals surface area contributed by atoms with E-state index in [-0.39, 0.29) is 11.7 Å². The number of halogens is 1. The lowest BCUT2D eigenvalue weighted by Gasteiger charge is -2.20. The fourth-order valence-electron chi connectivity index (χ4n) is 2.67. The van der Waals surface area contributed by atoms with Crippen molar-refractivity contribution in [3.05, 3.63) is 60.2 Å². The molecule has 0 spiro atoms. The molecule has 1 aromatic carbocycles. The SMILES string of the molecule is CC(=O)n1cc(CCN2C=CC=CC2)c2cc(F)ccc21. The molecule has 0 bridgehead atoms. The topological polar surface area (TPSA) is 25.2 Å². The van der Waals surface area contributed by atoms with Crippen LogP contribution in [0.2, 0.25) is 0 Å². The molecule has 1 aliphatic rings. The molecule has 0 unspecified atom stereocenters. The van der Waals surface area contributed by atoms with Gasteiger partial charge in [0.1, 0.15) is 5.82 Å². The lowest BCUT2D eigenvalue weighted by atomic mass is 10.1. The maximum absolute atomic E-state index is 13.5. The lowest BCUT2D eigenvalue weighted by Crippen LogP contribution is -2.21. The number of hydrogen-bond acceptors (Lipinski definition) is 2. The predicted octanol–water partition coefficient (Wildman–Crippen LogP) is 3.37.